The van der Waals surface area contributed by atoms with Gasteiger partial charge in [-0.05, 0) is 49.6 Å². The highest BCUT2D eigenvalue weighted by atomic mass is 16.2. The van der Waals surface area contributed by atoms with Crippen LogP contribution < -0.4 is 4.90 Å². The van der Waals surface area contributed by atoms with E-state index in [4.69, 9.17) is 0 Å². The van der Waals surface area contributed by atoms with E-state index < -0.39 is 0 Å². The van der Waals surface area contributed by atoms with E-state index in [1.165, 1.54) is 5.57 Å². The average molecular weight is 303 g/mol. The molecule has 0 radical (unpaired) electrons. The summed E-state index contributed by atoms with van der Waals surface area (Å²) in [7, 11) is 0. The molecule has 3 rings (SSSR count). The lowest BCUT2D eigenvalue weighted by atomic mass is 10.1. The third kappa shape index (κ3) is 3.78. The third-order valence-electron chi connectivity index (χ3n) is 4.02. The molecular formula is C21H21NO. The fraction of sp³-hybridized carbons (Fsp3) is 0.190. The molecule has 2 heteroatoms. The molecule has 2 aromatic carbocycles. The molecule has 0 N–H and O–H groups in total. The molecule has 0 unspecified atom stereocenters. The summed E-state index contributed by atoms with van der Waals surface area (Å²) in [6.07, 6.45) is 8.66. The number of carbonyl (C=O) groups excluding carboxylic acids is 1. The summed E-state index contributed by atoms with van der Waals surface area (Å²) in [6.45, 7) is 2.63. The fourth-order valence-electron chi connectivity index (χ4n) is 2.71. The largest absolute Gasteiger partial charge is 0.304 e. The Hall–Kier alpha value is -2.61. The number of nitrogens with zero attached hydrogens (tertiary/aromatic N) is 1. The SMILES string of the molecule is Cc1ccc(C(=O)N(CC2=CCCC=C2)c2ccccc2)cc1. The molecule has 1 aliphatic rings. The van der Waals surface area contributed by atoms with Crippen molar-refractivity contribution in [3.63, 3.8) is 0 Å². The highest BCUT2D eigenvalue weighted by molar-refractivity contribution is 6.06. The van der Waals surface area contributed by atoms with Gasteiger partial charge in [-0.3, -0.25) is 4.79 Å². The van der Waals surface area contributed by atoms with Crippen LogP contribution in [0, 0.1) is 6.92 Å². The van der Waals surface area contributed by atoms with Crippen LogP contribution >= 0.6 is 0 Å². The first kappa shape index (κ1) is 15.3. The molecule has 0 saturated carbocycles. The van der Waals surface area contributed by atoms with Crippen molar-refractivity contribution in [1.29, 1.82) is 0 Å². The van der Waals surface area contributed by atoms with Crippen LogP contribution in [0.2, 0.25) is 0 Å². The molecule has 0 heterocycles. The first-order valence-corrected chi connectivity index (χ1v) is 8.03. The van der Waals surface area contributed by atoms with E-state index in [1.807, 2.05) is 66.4 Å². The van der Waals surface area contributed by atoms with E-state index >= 15 is 0 Å². The monoisotopic (exact) mass is 303 g/mol. The molecule has 0 aromatic heterocycles. The van der Waals surface area contributed by atoms with Crippen LogP contribution in [0.3, 0.4) is 0 Å². The van der Waals surface area contributed by atoms with Crippen LogP contribution in [0.25, 0.3) is 0 Å². The molecule has 116 valence electrons. The van der Waals surface area contributed by atoms with E-state index in [-0.39, 0.29) is 5.91 Å². The lowest BCUT2D eigenvalue weighted by molar-refractivity contribution is 0.0989. The minimum Gasteiger partial charge on any atom is -0.304 e. The molecular weight excluding hydrogens is 282 g/mol. The Morgan fingerprint density at radius 2 is 1.74 bits per heavy atom. The molecule has 0 spiro atoms. The van der Waals surface area contributed by atoms with Crippen molar-refractivity contribution >= 4 is 11.6 Å². The molecule has 23 heavy (non-hydrogen) atoms. The van der Waals surface area contributed by atoms with Crippen LogP contribution in [0.1, 0.15) is 28.8 Å². The highest BCUT2D eigenvalue weighted by Crippen LogP contribution is 2.21. The number of carbonyl (C=O) groups is 1. The number of aryl methyl sites for hydroxylation is 1. The Labute approximate surface area is 137 Å². The molecule has 1 amide bonds. The quantitative estimate of drug-likeness (QED) is 0.785. The molecule has 2 nitrogen and oxygen atoms in total. The van der Waals surface area contributed by atoms with Crippen molar-refractivity contribution in [2.45, 2.75) is 19.8 Å². The smallest absolute Gasteiger partial charge is 0.258 e. The first-order chi connectivity index (χ1) is 11.2. The fourth-order valence-corrected chi connectivity index (χ4v) is 2.71. The highest BCUT2D eigenvalue weighted by Gasteiger charge is 2.18. The van der Waals surface area contributed by atoms with Gasteiger partial charge in [0.15, 0.2) is 0 Å². The van der Waals surface area contributed by atoms with Gasteiger partial charge in [0.25, 0.3) is 5.91 Å². The second kappa shape index (κ2) is 7.10. The zero-order valence-electron chi connectivity index (χ0n) is 13.4. The Bertz CT molecular complexity index is 726. The summed E-state index contributed by atoms with van der Waals surface area (Å²) in [5.74, 6) is 0.0380. The second-order valence-electron chi connectivity index (χ2n) is 5.85. The second-order valence-corrected chi connectivity index (χ2v) is 5.85. The Morgan fingerprint density at radius 1 is 1.00 bits per heavy atom. The van der Waals surface area contributed by atoms with Gasteiger partial charge in [-0.15, -0.1) is 0 Å². The third-order valence-corrected chi connectivity index (χ3v) is 4.02. The molecule has 0 atom stereocenters. The summed E-state index contributed by atoms with van der Waals surface area (Å²) in [6, 6.07) is 17.6. The maximum absolute atomic E-state index is 13.0. The summed E-state index contributed by atoms with van der Waals surface area (Å²) in [5, 5.41) is 0. The molecule has 0 saturated heterocycles. The van der Waals surface area contributed by atoms with Crippen molar-refractivity contribution in [3.8, 4) is 0 Å². The van der Waals surface area contributed by atoms with Crippen molar-refractivity contribution in [3.05, 3.63) is 89.5 Å². The van der Waals surface area contributed by atoms with Crippen molar-refractivity contribution < 1.29 is 4.79 Å². The zero-order valence-corrected chi connectivity index (χ0v) is 13.4. The summed E-state index contributed by atoms with van der Waals surface area (Å²) >= 11 is 0. The number of anilines is 1. The molecule has 0 fully saturated rings. The van der Waals surface area contributed by atoms with Crippen LogP contribution in [-0.2, 0) is 0 Å². The topological polar surface area (TPSA) is 20.3 Å². The number of rotatable bonds is 4. The molecule has 0 aliphatic heterocycles. The van der Waals surface area contributed by atoms with Crippen molar-refractivity contribution in [2.75, 3.05) is 11.4 Å². The number of allylic oxidation sites excluding steroid dienone is 2. The summed E-state index contributed by atoms with van der Waals surface area (Å²) in [5.41, 5.74) is 4.00. The summed E-state index contributed by atoms with van der Waals surface area (Å²) in [4.78, 5) is 14.9. The minimum atomic E-state index is 0.0380. The molecule has 1 aliphatic carbocycles. The standard InChI is InChI=1S/C21H21NO/c1-17-12-14-19(15-13-17)21(23)22(20-10-6-3-7-11-20)16-18-8-4-2-5-9-18/h3-4,6-15H,2,5,16H2,1H3. The molecule has 0 bridgehead atoms. The van der Waals surface area contributed by atoms with E-state index in [1.54, 1.807) is 0 Å². The van der Waals surface area contributed by atoms with Crippen LogP contribution in [-0.4, -0.2) is 12.5 Å². The number of benzene rings is 2. The lowest BCUT2D eigenvalue weighted by Gasteiger charge is -2.24. The maximum atomic E-state index is 13.0. The average Bonchev–Trinajstić information content (AvgIpc) is 2.61. The minimum absolute atomic E-state index is 0.0380. The Morgan fingerprint density at radius 3 is 2.39 bits per heavy atom. The number of hydrogen-bond donors (Lipinski definition) is 0. The molecule has 2 aromatic rings. The van der Waals surface area contributed by atoms with Gasteiger partial charge in [-0.2, -0.15) is 0 Å². The van der Waals surface area contributed by atoms with E-state index in [0.29, 0.717) is 6.54 Å². The van der Waals surface area contributed by atoms with Gasteiger partial charge in [0, 0.05) is 11.3 Å². The van der Waals surface area contributed by atoms with E-state index in [2.05, 4.69) is 18.2 Å². The van der Waals surface area contributed by atoms with Crippen LogP contribution in [0.4, 0.5) is 5.69 Å². The van der Waals surface area contributed by atoms with Crippen LogP contribution in [0.15, 0.2) is 78.4 Å². The van der Waals surface area contributed by atoms with Crippen molar-refractivity contribution in [1.82, 2.24) is 0 Å². The first-order valence-electron chi connectivity index (χ1n) is 8.03. The van der Waals surface area contributed by atoms with Gasteiger partial charge in [0.05, 0.1) is 6.54 Å². The number of amides is 1. The summed E-state index contributed by atoms with van der Waals surface area (Å²) < 4.78 is 0. The zero-order chi connectivity index (χ0) is 16.1. The van der Waals surface area contributed by atoms with Gasteiger partial charge >= 0.3 is 0 Å². The van der Waals surface area contributed by atoms with E-state index in [9.17, 15) is 4.79 Å². The number of hydrogen-bond acceptors (Lipinski definition) is 1. The predicted molar refractivity (Wildman–Crippen MR) is 95.8 cm³/mol. The van der Waals surface area contributed by atoms with Gasteiger partial charge in [-0.1, -0.05) is 54.1 Å². The Balaban J connectivity index is 1.91. The van der Waals surface area contributed by atoms with E-state index in [0.717, 1.165) is 29.7 Å². The van der Waals surface area contributed by atoms with Crippen molar-refractivity contribution in [2.24, 2.45) is 0 Å². The number of para-hydroxylation sites is 1. The van der Waals surface area contributed by atoms with Gasteiger partial charge < -0.3 is 4.90 Å². The van der Waals surface area contributed by atoms with Gasteiger partial charge in [0.2, 0.25) is 0 Å². The predicted octanol–water partition coefficient (Wildman–Crippen LogP) is 4.92. The Kier molecular flexibility index (Phi) is 4.72. The maximum Gasteiger partial charge on any atom is 0.258 e. The normalized spacial score (nSPS) is 13.5. The lowest BCUT2D eigenvalue weighted by Crippen LogP contribution is -2.32. The van der Waals surface area contributed by atoms with Gasteiger partial charge in [-0.25, -0.2) is 0 Å². The van der Waals surface area contributed by atoms with Gasteiger partial charge in [0.1, 0.15) is 0 Å². The van der Waals surface area contributed by atoms with Crippen LogP contribution in [0.5, 0.6) is 0 Å².